The molecule has 2 N–H and O–H groups in total. The molecule has 1 aromatic heterocycles. The van der Waals surface area contributed by atoms with Gasteiger partial charge >= 0.3 is 5.97 Å². The number of aryl methyl sites for hydroxylation is 1. The van der Waals surface area contributed by atoms with Crippen LogP contribution in [-0.4, -0.2) is 51.2 Å². The monoisotopic (exact) mass is 318 g/mol. The van der Waals surface area contributed by atoms with Crippen LogP contribution in [0.2, 0.25) is 0 Å². The Kier molecular flexibility index (Phi) is 4.75. The van der Waals surface area contributed by atoms with Gasteiger partial charge in [-0.2, -0.15) is 0 Å². The SMILES string of the molecule is COCC(C)(NC(=O)c1cn(-c2cccc(C)c2)nn1)C(=O)O. The molecular formula is C15H18N4O4. The van der Waals surface area contributed by atoms with Gasteiger partial charge < -0.3 is 15.2 Å². The molecule has 0 bridgehead atoms. The molecule has 0 aliphatic heterocycles. The molecule has 1 atom stereocenters. The van der Waals surface area contributed by atoms with E-state index in [1.165, 1.54) is 24.9 Å². The highest BCUT2D eigenvalue weighted by Gasteiger charge is 2.35. The highest BCUT2D eigenvalue weighted by Crippen LogP contribution is 2.10. The lowest BCUT2D eigenvalue weighted by Crippen LogP contribution is -2.55. The Morgan fingerprint density at radius 2 is 2.17 bits per heavy atom. The summed E-state index contributed by atoms with van der Waals surface area (Å²) in [7, 11) is 1.36. The summed E-state index contributed by atoms with van der Waals surface area (Å²) in [5.41, 5.74) is 0.283. The minimum atomic E-state index is -1.54. The Morgan fingerprint density at radius 3 is 2.78 bits per heavy atom. The second-order valence-corrected chi connectivity index (χ2v) is 5.41. The van der Waals surface area contributed by atoms with Gasteiger partial charge in [-0.3, -0.25) is 4.79 Å². The number of methoxy groups -OCH3 is 1. The summed E-state index contributed by atoms with van der Waals surface area (Å²) < 4.78 is 6.31. The van der Waals surface area contributed by atoms with Gasteiger partial charge in [0.05, 0.1) is 18.5 Å². The number of benzene rings is 1. The van der Waals surface area contributed by atoms with Crippen LogP contribution in [0.25, 0.3) is 5.69 Å². The number of carbonyl (C=O) groups excluding carboxylic acids is 1. The Labute approximate surface area is 133 Å². The Bertz CT molecular complexity index is 728. The molecule has 8 nitrogen and oxygen atoms in total. The number of rotatable bonds is 6. The lowest BCUT2D eigenvalue weighted by molar-refractivity contribution is -0.145. The third-order valence-electron chi connectivity index (χ3n) is 3.29. The number of carbonyl (C=O) groups is 2. The van der Waals surface area contributed by atoms with Crippen molar-refractivity contribution in [3.8, 4) is 5.69 Å². The molecule has 2 rings (SSSR count). The van der Waals surface area contributed by atoms with Crippen LogP contribution in [0.4, 0.5) is 0 Å². The van der Waals surface area contributed by atoms with E-state index in [1.807, 2.05) is 31.2 Å². The smallest absolute Gasteiger partial charge is 0.331 e. The molecule has 0 spiro atoms. The van der Waals surface area contributed by atoms with Crippen molar-refractivity contribution in [2.45, 2.75) is 19.4 Å². The van der Waals surface area contributed by atoms with Crippen LogP contribution in [0.5, 0.6) is 0 Å². The number of carboxylic acids is 1. The van der Waals surface area contributed by atoms with E-state index < -0.39 is 17.4 Å². The fourth-order valence-electron chi connectivity index (χ4n) is 2.02. The summed E-state index contributed by atoms with van der Waals surface area (Å²) in [4.78, 5) is 23.5. The van der Waals surface area contributed by atoms with Crippen LogP contribution in [-0.2, 0) is 9.53 Å². The topological polar surface area (TPSA) is 106 Å². The molecule has 1 aromatic carbocycles. The highest BCUT2D eigenvalue weighted by molar-refractivity contribution is 5.96. The standard InChI is InChI=1S/C15H18N4O4/c1-10-5-4-6-11(7-10)19-8-12(17-18-19)13(20)16-15(2,9-23-3)14(21)22/h4-8H,9H2,1-3H3,(H,16,20)(H,21,22). The summed E-state index contributed by atoms with van der Waals surface area (Å²) in [6, 6.07) is 7.53. The first kappa shape index (κ1) is 16.6. The van der Waals surface area contributed by atoms with Gasteiger partial charge in [0.15, 0.2) is 11.2 Å². The predicted octanol–water partition coefficient (Wildman–Crippen LogP) is 0.795. The van der Waals surface area contributed by atoms with E-state index >= 15 is 0 Å². The number of amides is 1. The van der Waals surface area contributed by atoms with Crippen molar-refractivity contribution in [2.24, 2.45) is 0 Å². The molecule has 122 valence electrons. The Morgan fingerprint density at radius 1 is 1.43 bits per heavy atom. The average Bonchev–Trinajstić information content (AvgIpc) is 2.97. The van der Waals surface area contributed by atoms with Gasteiger partial charge in [-0.25, -0.2) is 9.48 Å². The number of hydrogen-bond donors (Lipinski definition) is 2. The first-order chi connectivity index (χ1) is 10.9. The Hall–Kier alpha value is -2.74. The summed E-state index contributed by atoms with van der Waals surface area (Å²) in [5.74, 6) is -1.83. The summed E-state index contributed by atoms with van der Waals surface area (Å²) in [6.07, 6.45) is 1.44. The molecule has 0 radical (unpaired) electrons. The van der Waals surface area contributed by atoms with E-state index in [-0.39, 0.29) is 12.3 Å². The first-order valence-electron chi connectivity index (χ1n) is 6.90. The minimum Gasteiger partial charge on any atom is -0.479 e. The fraction of sp³-hybridized carbons (Fsp3) is 0.333. The van der Waals surface area contributed by atoms with Gasteiger partial charge in [0.25, 0.3) is 5.91 Å². The predicted molar refractivity (Wildman–Crippen MR) is 81.5 cm³/mol. The zero-order chi connectivity index (χ0) is 17.0. The summed E-state index contributed by atoms with van der Waals surface area (Å²) in [5, 5.41) is 19.3. The van der Waals surface area contributed by atoms with E-state index in [0.717, 1.165) is 11.3 Å². The average molecular weight is 318 g/mol. The molecule has 2 aromatic rings. The molecular weight excluding hydrogens is 300 g/mol. The third kappa shape index (κ3) is 3.72. The van der Waals surface area contributed by atoms with E-state index in [9.17, 15) is 14.7 Å². The van der Waals surface area contributed by atoms with E-state index in [1.54, 1.807) is 0 Å². The van der Waals surface area contributed by atoms with Gasteiger partial charge in [-0.15, -0.1) is 5.10 Å². The second-order valence-electron chi connectivity index (χ2n) is 5.41. The second kappa shape index (κ2) is 6.57. The molecule has 1 amide bonds. The van der Waals surface area contributed by atoms with Crippen molar-refractivity contribution in [1.29, 1.82) is 0 Å². The van der Waals surface area contributed by atoms with Crippen LogP contribution in [0.3, 0.4) is 0 Å². The molecule has 0 fully saturated rings. The maximum absolute atomic E-state index is 12.2. The van der Waals surface area contributed by atoms with E-state index in [2.05, 4.69) is 15.6 Å². The van der Waals surface area contributed by atoms with Crippen LogP contribution in [0, 0.1) is 6.92 Å². The van der Waals surface area contributed by atoms with Crippen molar-refractivity contribution >= 4 is 11.9 Å². The van der Waals surface area contributed by atoms with Crippen molar-refractivity contribution in [3.05, 3.63) is 41.7 Å². The number of ether oxygens (including phenoxy) is 1. The molecule has 0 saturated heterocycles. The van der Waals surface area contributed by atoms with Gasteiger partial charge in [0.1, 0.15) is 0 Å². The maximum Gasteiger partial charge on any atom is 0.331 e. The summed E-state index contributed by atoms with van der Waals surface area (Å²) in [6.45, 7) is 3.14. The molecule has 0 saturated carbocycles. The van der Waals surface area contributed by atoms with Crippen molar-refractivity contribution < 1.29 is 19.4 Å². The van der Waals surface area contributed by atoms with Crippen LogP contribution >= 0.6 is 0 Å². The molecule has 1 heterocycles. The molecule has 0 aliphatic carbocycles. The quantitative estimate of drug-likeness (QED) is 0.816. The number of carboxylic acid groups (broad SMARTS) is 1. The first-order valence-corrected chi connectivity index (χ1v) is 6.90. The van der Waals surface area contributed by atoms with E-state index in [0.29, 0.717) is 0 Å². The maximum atomic E-state index is 12.2. The van der Waals surface area contributed by atoms with Crippen molar-refractivity contribution in [3.63, 3.8) is 0 Å². The number of aromatic nitrogens is 3. The molecule has 0 aliphatic rings. The fourth-order valence-corrected chi connectivity index (χ4v) is 2.02. The number of nitrogens with zero attached hydrogens (tertiary/aromatic N) is 3. The minimum absolute atomic E-state index is 0.0232. The number of aliphatic carboxylic acids is 1. The van der Waals surface area contributed by atoms with E-state index in [4.69, 9.17) is 4.74 Å². The van der Waals surface area contributed by atoms with Crippen LogP contribution in [0.1, 0.15) is 23.0 Å². The normalized spacial score (nSPS) is 13.3. The van der Waals surface area contributed by atoms with Crippen LogP contribution in [0.15, 0.2) is 30.5 Å². The van der Waals surface area contributed by atoms with Gasteiger partial charge in [-0.05, 0) is 31.5 Å². The van der Waals surface area contributed by atoms with Gasteiger partial charge in [-0.1, -0.05) is 17.3 Å². The lowest BCUT2D eigenvalue weighted by atomic mass is 10.0. The molecule has 1 unspecified atom stereocenters. The molecule has 8 heteroatoms. The summed E-state index contributed by atoms with van der Waals surface area (Å²) >= 11 is 0. The Balaban J connectivity index is 2.20. The number of hydrogen-bond acceptors (Lipinski definition) is 5. The van der Waals surface area contributed by atoms with Gasteiger partial charge in [0.2, 0.25) is 0 Å². The third-order valence-corrected chi connectivity index (χ3v) is 3.29. The lowest BCUT2D eigenvalue weighted by Gasteiger charge is -2.24. The highest BCUT2D eigenvalue weighted by atomic mass is 16.5. The zero-order valence-corrected chi connectivity index (χ0v) is 13.1. The van der Waals surface area contributed by atoms with Crippen molar-refractivity contribution in [2.75, 3.05) is 13.7 Å². The largest absolute Gasteiger partial charge is 0.479 e. The number of nitrogens with one attached hydrogen (secondary N) is 1. The van der Waals surface area contributed by atoms with Crippen molar-refractivity contribution in [1.82, 2.24) is 20.3 Å². The van der Waals surface area contributed by atoms with Crippen LogP contribution < -0.4 is 5.32 Å². The van der Waals surface area contributed by atoms with Gasteiger partial charge in [0, 0.05) is 7.11 Å². The molecule has 23 heavy (non-hydrogen) atoms. The zero-order valence-electron chi connectivity index (χ0n) is 13.1.